The summed E-state index contributed by atoms with van der Waals surface area (Å²) < 4.78 is 0. The van der Waals surface area contributed by atoms with E-state index < -0.39 is 0 Å². The first-order valence-electron chi connectivity index (χ1n) is 4.03. The van der Waals surface area contributed by atoms with Gasteiger partial charge in [-0.15, -0.1) is 0 Å². The van der Waals surface area contributed by atoms with Crippen LogP contribution in [0.4, 0.5) is 5.69 Å². The van der Waals surface area contributed by atoms with E-state index in [1.165, 1.54) is 0 Å². The van der Waals surface area contributed by atoms with Gasteiger partial charge in [-0.1, -0.05) is 12.1 Å². The standard InChI is InChI=1S/C9H9N3O/c10-9(13)4-6-1-2-8-7(3-6)5-11-12-8/h1-3H,4-5H2,(H2,10,13). The molecule has 2 rings (SSSR count). The van der Waals surface area contributed by atoms with Crippen LogP contribution in [-0.4, -0.2) is 5.91 Å². The lowest BCUT2D eigenvalue weighted by Crippen LogP contribution is -2.13. The summed E-state index contributed by atoms with van der Waals surface area (Å²) in [5, 5.41) is 7.81. The predicted molar refractivity (Wildman–Crippen MR) is 47.6 cm³/mol. The number of carbonyl (C=O) groups excluding carboxylic acids is 1. The molecule has 1 aliphatic heterocycles. The molecule has 0 fully saturated rings. The zero-order chi connectivity index (χ0) is 9.26. The van der Waals surface area contributed by atoms with Gasteiger partial charge in [0, 0.05) is 5.56 Å². The molecule has 4 heteroatoms. The Morgan fingerprint density at radius 1 is 1.54 bits per heavy atom. The molecule has 0 aromatic heterocycles. The minimum Gasteiger partial charge on any atom is -0.369 e. The maximum atomic E-state index is 10.6. The van der Waals surface area contributed by atoms with Crippen molar-refractivity contribution < 1.29 is 4.79 Å². The fourth-order valence-corrected chi connectivity index (χ4v) is 1.36. The largest absolute Gasteiger partial charge is 0.369 e. The highest BCUT2D eigenvalue weighted by molar-refractivity contribution is 5.76. The van der Waals surface area contributed by atoms with Crippen molar-refractivity contribution in [3.63, 3.8) is 0 Å². The predicted octanol–water partition coefficient (Wildman–Crippen LogP) is 1.31. The number of rotatable bonds is 2. The molecular weight excluding hydrogens is 166 g/mol. The van der Waals surface area contributed by atoms with Gasteiger partial charge in [0.15, 0.2) is 0 Å². The maximum Gasteiger partial charge on any atom is 0.221 e. The van der Waals surface area contributed by atoms with Crippen LogP contribution in [0.3, 0.4) is 0 Å². The van der Waals surface area contributed by atoms with E-state index in [1.54, 1.807) is 0 Å². The van der Waals surface area contributed by atoms with Crippen LogP contribution in [-0.2, 0) is 17.8 Å². The summed E-state index contributed by atoms with van der Waals surface area (Å²) in [5.74, 6) is -0.313. The van der Waals surface area contributed by atoms with E-state index in [2.05, 4.69) is 10.2 Å². The molecule has 1 aromatic carbocycles. The third-order valence-corrected chi connectivity index (χ3v) is 1.94. The van der Waals surface area contributed by atoms with Gasteiger partial charge in [0.05, 0.1) is 18.7 Å². The SMILES string of the molecule is NC(=O)Cc1ccc2c(c1)CN=N2. The van der Waals surface area contributed by atoms with Gasteiger partial charge in [0.25, 0.3) is 0 Å². The Balaban J connectivity index is 2.28. The van der Waals surface area contributed by atoms with Gasteiger partial charge in [-0.2, -0.15) is 10.2 Å². The first kappa shape index (κ1) is 7.91. The number of benzene rings is 1. The molecule has 0 unspecified atom stereocenters. The fraction of sp³-hybridized carbons (Fsp3) is 0.222. The van der Waals surface area contributed by atoms with Crippen LogP contribution in [0.25, 0.3) is 0 Å². The van der Waals surface area contributed by atoms with Crippen molar-refractivity contribution in [3.8, 4) is 0 Å². The van der Waals surface area contributed by atoms with Crippen LogP contribution in [0.5, 0.6) is 0 Å². The van der Waals surface area contributed by atoms with E-state index in [4.69, 9.17) is 5.73 Å². The number of nitrogens with two attached hydrogens (primary N) is 1. The van der Waals surface area contributed by atoms with Gasteiger partial charge in [0.2, 0.25) is 5.91 Å². The Labute approximate surface area is 75.5 Å². The molecule has 0 saturated carbocycles. The van der Waals surface area contributed by atoms with Crippen LogP contribution in [0.2, 0.25) is 0 Å². The Morgan fingerprint density at radius 3 is 3.15 bits per heavy atom. The smallest absolute Gasteiger partial charge is 0.221 e. The average Bonchev–Trinajstić information content (AvgIpc) is 2.49. The highest BCUT2D eigenvalue weighted by Gasteiger charge is 2.08. The summed E-state index contributed by atoms with van der Waals surface area (Å²) in [6.45, 7) is 0.613. The molecule has 0 atom stereocenters. The average molecular weight is 175 g/mol. The molecule has 13 heavy (non-hydrogen) atoms. The van der Waals surface area contributed by atoms with Crippen molar-refractivity contribution >= 4 is 11.6 Å². The number of carbonyl (C=O) groups is 1. The fourth-order valence-electron chi connectivity index (χ4n) is 1.36. The monoisotopic (exact) mass is 175 g/mol. The first-order chi connectivity index (χ1) is 6.25. The second-order valence-electron chi connectivity index (χ2n) is 3.01. The van der Waals surface area contributed by atoms with E-state index in [1.807, 2.05) is 18.2 Å². The van der Waals surface area contributed by atoms with Crippen LogP contribution in [0.15, 0.2) is 28.4 Å². The normalized spacial score (nSPS) is 12.9. The van der Waals surface area contributed by atoms with Crippen LogP contribution in [0, 0.1) is 0 Å². The number of amides is 1. The third kappa shape index (κ3) is 1.56. The molecule has 0 saturated heterocycles. The van der Waals surface area contributed by atoms with Crippen molar-refractivity contribution in [3.05, 3.63) is 29.3 Å². The molecule has 0 spiro atoms. The summed E-state index contributed by atoms with van der Waals surface area (Å²) in [4.78, 5) is 10.6. The van der Waals surface area contributed by atoms with E-state index in [-0.39, 0.29) is 12.3 Å². The molecule has 4 nitrogen and oxygen atoms in total. The highest BCUT2D eigenvalue weighted by atomic mass is 16.1. The van der Waals surface area contributed by atoms with Crippen LogP contribution >= 0.6 is 0 Å². The van der Waals surface area contributed by atoms with Gasteiger partial charge in [0.1, 0.15) is 0 Å². The number of primary amides is 1. The molecule has 0 bridgehead atoms. The van der Waals surface area contributed by atoms with E-state index >= 15 is 0 Å². The second-order valence-corrected chi connectivity index (χ2v) is 3.01. The quantitative estimate of drug-likeness (QED) is 0.723. The lowest BCUT2D eigenvalue weighted by Gasteiger charge is -1.99. The van der Waals surface area contributed by atoms with Crippen molar-refractivity contribution in [1.29, 1.82) is 0 Å². The molecule has 2 N–H and O–H groups in total. The highest BCUT2D eigenvalue weighted by Crippen LogP contribution is 2.27. The number of nitrogens with zero attached hydrogens (tertiary/aromatic N) is 2. The zero-order valence-electron chi connectivity index (χ0n) is 7.03. The van der Waals surface area contributed by atoms with E-state index in [0.29, 0.717) is 6.54 Å². The van der Waals surface area contributed by atoms with E-state index in [0.717, 1.165) is 16.8 Å². The summed E-state index contributed by atoms with van der Waals surface area (Å²) >= 11 is 0. The van der Waals surface area contributed by atoms with Gasteiger partial charge >= 0.3 is 0 Å². The van der Waals surface area contributed by atoms with Gasteiger partial charge in [-0.3, -0.25) is 4.79 Å². The maximum absolute atomic E-state index is 10.6. The lowest BCUT2D eigenvalue weighted by molar-refractivity contribution is -0.117. The van der Waals surface area contributed by atoms with Crippen LogP contribution < -0.4 is 5.73 Å². The van der Waals surface area contributed by atoms with Crippen molar-refractivity contribution in [2.24, 2.45) is 16.0 Å². The summed E-state index contributed by atoms with van der Waals surface area (Å²) in [5.41, 5.74) is 7.98. The Morgan fingerprint density at radius 2 is 2.38 bits per heavy atom. The zero-order valence-corrected chi connectivity index (χ0v) is 7.03. The lowest BCUT2D eigenvalue weighted by atomic mass is 10.1. The molecule has 1 aromatic rings. The summed E-state index contributed by atoms with van der Waals surface area (Å²) in [7, 11) is 0. The van der Waals surface area contributed by atoms with Gasteiger partial charge in [-0.25, -0.2) is 0 Å². The topological polar surface area (TPSA) is 67.8 Å². The van der Waals surface area contributed by atoms with Crippen LogP contribution in [0.1, 0.15) is 11.1 Å². The van der Waals surface area contributed by atoms with E-state index in [9.17, 15) is 4.79 Å². The van der Waals surface area contributed by atoms with Crippen molar-refractivity contribution in [2.45, 2.75) is 13.0 Å². The number of hydrogen-bond acceptors (Lipinski definition) is 3. The summed E-state index contributed by atoms with van der Waals surface area (Å²) in [6.07, 6.45) is 0.285. The molecule has 66 valence electrons. The Bertz CT molecular complexity index is 384. The van der Waals surface area contributed by atoms with Crippen molar-refractivity contribution in [2.75, 3.05) is 0 Å². The minimum absolute atomic E-state index is 0.285. The number of azo groups is 1. The second kappa shape index (κ2) is 2.97. The third-order valence-electron chi connectivity index (χ3n) is 1.94. The molecule has 1 heterocycles. The molecule has 0 radical (unpaired) electrons. The summed E-state index contributed by atoms with van der Waals surface area (Å²) in [6, 6.07) is 5.65. The van der Waals surface area contributed by atoms with Gasteiger partial charge in [-0.05, 0) is 11.6 Å². The first-order valence-corrected chi connectivity index (χ1v) is 4.03. The molecule has 1 amide bonds. The number of hydrogen-bond donors (Lipinski definition) is 1. The van der Waals surface area contributed by atoms with Gasteiger partial charge < -0.3 is 5.73 Å². The Kier molecular flexibility index (Phi) is 1.81. The number of fused-ring (bicyclic) bond motifs is 1. The Hall–Kier alpha value is -1.71. The van der Waals surface area contributed by atoms with Crippen molar-refractivity contribution in [1.82, 2.24) is 0 Å². The molecule has 1 aliphatic rings. The molecular formula is C9H9N3O. The minimum atomic E-state index is -0.313. The molecule has 0 aliphatic carbocycles.